The number of hydrogen-bond acceptors (Lipinski definition) is 2. The van der Waals surface area contributed by atoms with Gasteiger partial charge in [-0.1, -0.05) is 12.1 Å². The average Bonchev–Trinajstić information content (AvgIpc) is 2.39. The lowest BCUT2D eigenvalue weighted by Crippen LogP contribution is -2.45. The quantitative estimate of drug-likeness (QED) is 0.799. The Morgan fingerprint density at radius 2 is 2.17 bits per heavy atom. The summed E-state index contributed by atoms with van der Waals surface area (Å²) in [5.41, 5.74) is 0.813. The minimum absolute atomic E-state index is 0.104. The number of carbonyl (C=O) groups is 1. The lowest BCUT2D eigenvalue weighted by atomic mass is 10.1. The van der Waals surface area contributed by atoms with E-state index in [4.69, 9.17) is 0 Å². The predicted molar refractivity (Wildman–Crippen MR) is 69.5 cm³/mol. The number of piperidine rings is 1. The van der Waals surface area contributed by atoms with Crippen LogP contribution < -0.4 is 10.6 Å². The first-order valence-electron chi connectivity index (χ1n) is 6.19. The summed E-state index contributed by atoms with van der Waals surface area (Å²) in [5, 5.41) is 6.18. The highest BCUT2D eigenvalue weighted by molar-refractivity contribution is 5.91. The SMILES string of the molecule is O=C(C=Cc1ccc(F)cc1)NC1CCCNC1. The van der Waals surface area contributed by atoms with Crippen molar-refractivity contribution in [1.29, 1.82) is 0 Å². The molecule has 18 heavy (non-hydrogen) atoms. The predicted octanol–water partition coefficient (Wildman–Crippen LogP) is 1.71. The van der Waals surface area contributed by atoms with Gasteiger partial charge in [-0.15, -0.1) is 0 Å². The van der Waals surface area contributed by atoms with Gasteiger partial charge < -0.3 is 10.6 Å². The Balaban J connectivity index is 1.84. The van der Waals surface area contributed by atoms with Gasteiger partial charge in [0.25, 0.3) is 0 Å². The van der Waals surface area contributed by atoms with Crippen LogP contribution in [0.4, 0.5) is 4.39 Å². The number of hydrogen-bond donors (Lipinski definition) is 2. The summed E-state index contributed by atoms with van der Waals surface area (Å²) in [6.07, 6.45) is 5.28. The van der Waals surface area contributed by atoms with Crippen LogP contribution in [-0.2, 0) is 4.79 Å². The molecule has 3 nitrogen and oxygen atoms in total. The molecule has 0 saturated carbocycles. The van der Waals surface area contributed by atoms with Crippen LogP contribution in [-0.4, -0.2) is 25.0 Å². The molecule has 1 aromatic rings. The van der Waals surface area contributed by atoms with Crippen molar-refractivity contribution in [2.75, 3.05) is 13.1 Å². The van der Waals surface area contributed by atoms with Crippen LogP contribution in [0.25, 0.3) is 6.08 Å². The number of carbonyl (C=O) groups excluding carboxylic acids is 1. The van der Waals surface area contributed by atoms with E-state index in [0.717, 1.165) is 31.5 Å². The molecule has 0 aliphatic carbocycles. The maximum absolute atomic E-state index is 12.7. The van der Waals surface area contributed by atoms with Gasteiger partial charge in [0.2, 0.25) is 5.91 Å². The summed E-state index contributed by atoms with van der Waals surface area (Å²) in [6, 6.07) is 6.25. The standard InChI is InChI=1S/C14H17FN2O/c15-12-6-3-11(4-7-12)5-8-14(18)17-13-2-1-9-16-10-13/h3-8,13,16H,1-2,9-10H2,(H,17,18). The van der Waals surface area contributed by atoms with E-state index in [1.165, 1.54) is 18.2 Å². The Kier molecular flexibility index (Phi) is 4.47. The van der Waals surface area contributed by atoms with Crippen molar-refractivity contribution >= 4 is 12.0 Å². The first-order valence-corrected chi connectivity index (χ1v) is 6.19. The van der Waals surface area contributed by atoms with Crippen LogP contribution >= 0.6 is 0 Å². The molecule has 0 radical (unpaired) electrons. The monoisotopic (exact) mass is 248 g/mol. The minimum Gasteiger partial charge on any atom is -0.349 e. The molecule has 0 bridgehead atoms. The molecule has 1 aliphatic rings. The zero-order chi connectivity index (χ0) is 12.8. The highest BCUT2D eigenvalue weighted by Crippen LogP contribution is 2.05. The third-order valence-corrected chi connectivity index (χ3v) is 2.94. The molecule has 2 N–H and O–H groups in total. The lowest BCUT2D eigenvalue weighted by molar-refractivity contribution is -0.117. The van der Waals surface area contributed by atoms with Gasteiger partial charge in [-0.2, -0.15) is 0 Å². The van der Waals surface area contributed by atoms with Gasteiger partial charge in [-0.05, 0) is 43.2 Å². The van der Waals surface area contributed by atoms with Crippen molar-refractivity contribution in [3.63, 3.8) is 0 Å². The van der Waals surface area contributed by atoms with E-state index < -0.39 is 0 Å². The van der Waals surface area contributed by atoms with Gasteiger partial charge in [0.1, 0.15) is 5.82 Å². The van der Waals surface area contributed by atoms with E-state index in [-0.39, 0.29) is 17.8 Å². The summed E-state index contributed by atoms with van der Waals surface area (Å²) in [7, 11) is 0. The van der Waals surface area contributed by atoms with Crippen molar-refractivity contribution in [2.45, 2.75) is 18.9 Å². The van der Waals surface area contributed by atoms with E-state index in [1.807, 2.05) is 0 Å². The fraction of sp³-hybridized carbons (Fsp3) is 0.357. The van der Waals surface area contributed by atoms with E-state index in [1.54, 1.807) is 18.2 Å². The normalized spacial score (nSPS) is 19.9. The van der Waals surface area contributed by atoms with Crippen LogP contribution in [0.2, 0.25) is 0 Å². The first kappa shape index (κ1) is 12.8. The Morgan fingerprint density at radius 1 is 1.39 bits per heavy atom. The number of nitrogens with one attached hydrogen (secondary N) is 2. The number of rotatable bonds is 3. The minimum atomic E-state index is -0.273. The number of benzene rings is 1. The molecule has 1 amide bonds. The van der Waals surface area contributed by atoms with Crippen LogP contribution in [0.3, 0.4) is 0 Å². The van der Waals surface area contributed by atoms with E-state index >= 15 is 0 Å². The molecule has 1 aromatic carbocycles. The summed E-state index contributed by atoms with van der Waals surface area (Å²) in [5.74, 6) is -0.377. The largest absolute Gasteiger partial charge is 0.349 e. The molecular formula is C14H17FN2O. The summed E-state index contributed by atoms with van der Waals surface area (Å²) in [6.45, 7) is 1.86. The Hall–Kier alpha value is -1.68. The van der Waals surface area contributed by atoms with E-state index in [0.29, 0.717) is 0 Å². The highest BCUT2D eigenvalue weighted by Gasteiger charge is 2.13. The fourth-order valence-electron chi connectivity index (χ4n) is 1.97. The zero-order valence-electron chi connectivity index (χ0n) is 10.2. The van der Waals surface area contributed by atoms with Crippen LogP contribution in [0, 0.1) is 5.82 Å². The van der Waals surface area contributed by atoms with Gasteiger partial charge in [-0.25, -0.2) is 4.39 Å². The van der Waals surface area contributed by atoms with Crippen molar-refractivity contribution in [3.8, 4) is 0 Å². The second kappa shape index (κ2) is 6.31. The molecule has 2 rings (SSSR count). The van der Waals surface area contributed by atoms with E-state index in [2.05, 4.69) is 10.6 Å². The smallest absolute Gasteiger partial charge is 0.244 e. The third-order valence-electron chi connectivity index (χ3n) is 2.94. The summed E-state index contributed by atoms with van der Waals surface area (Å²) >= 11 is 0. The van der Waals surface area contributed by atoms with Gasteiger partial charge in [-0.3, -0.25) is 4.79 Å². The molecule has 1 saturated heterocycles. The van der Waals surface area contributed by atoms with Crippen molar-refractivity contribution in [2.24, 2.45) is 0 Å². The maximum atomic E-state index is 12.7. The number of amides is 1. The van der Waals surface area contributed by atoms with Crippen LogP contribution in [0.1, 0.15) is 18.4 Å². The van der Waals surface area contributed by atoms with Gasteiger partial charge in [0.15, 0.2) is 0 Å². The Labute approximate surface area is 106 Å². The summed E-state index contributed by atoms with van der Waals surface area (Å²) in [4.78, 5) is 11.7. The molecule has 1 heterocycles. The summed E-state index contributed by atoms with van der Waals surface area (Å²) < 4.78 is 12.7. The van der Waals surface area contributed by atoms with Crippen molar-refractivity contribution < 1.29 is 9.18 Å². The van der Waals surface area contributed by atoms with Gasteiger partial charge in [0.05, 0.1) is 0 Å². The molecule has 0 spiro atoms. The Bertz CT molecular complexity index is 422. The topological polar surface area (TPSA) is 41.1 Å². The molecule has 1 aliphatic heterocycles. The maximum Gasteiger partial charge on any atom is 0.244 e. The molecule has 1 fully saturated rings. The molecule has 96 valence electrons. The average molecular weight is 248 g/mol. The lowest BCUT2D eigenvalue weighted by Gasteiger charge is -2.23. The molecule has 1 atom stereocenters. The Morgan fingerprint density at radius 3 is 2.83 bits per heavy atom. The third kappa shape index (κ3) is 3.96. The number of halogens is 1. The molecule has 1 unspecified atom stereocenters. The fourth-order valence-corrected chi connectivity index (χ4v) is 1.97. The van der Waals surface area contributed by atoms with Crippen molar-refractivity contribution in [3.05, 3.63) is 41.7 Å². The van der Waals surface area contributed by atoms with Gasteiger partial charge in [0, 0.05) is 18.7 Å². The van der Waals surface area contributed by atoms with Crippen LogP contribution in [0.15, 0.2) is 30.3 Å². The molecule has 4 heteroatoms. The molecular weight excluding hydrogens is 231 g/mol. The molecule has 0 aromatic heterocycles. The highest BCUT2D eigenvalue weighted by atomic mass is 19.1. The second-order valence-electron chi connectivity index (χ2n) is 4.44. The van der Waals surface area contributed by atoms with Crippen LogP contribution in [0.5, 0.6) is 0 Å². The van der Waals surface area contributed by atoms with Gasteiger partial charge >= 0.3 is 0 Å². The second-order valence-corrected chi connectivity index (χ2v) is 4.44. The first-order chi connectivity index (χ1) is 8.74. The van der Waals surface area contributed by atoms with E-state index in [9.17, 15) is 9.18 Å². The zero-order valence-corrected chi connectivity index (χ0v) is 10.2. The van der Waals surface area contributed by atoms with Crippen molar-refractivity contribution in [1.82, 2.24) is 10.6 Å².